The van der Waals surface area contributed by atoms with Crippen LogP contribution in [0.1, 0.15) is 10.4 Å². The van der Waals surface area contributed by atoms with Gasteiger partial charge in [-0.3, -0.25) is 14.7 Å². The molecule has 2 aromatic heterocycles. The second kappa shape index (κ2) is 6.86. The van der Waals surface area contributed by atoms with Crippen molar-refractivity contribution >= 4 is 17.5 Å². The molecule has 0 aliphatic carbocycles. The molecule has 1 saturated heterocycles. The maximum absolute atomic E-state index is 12.9. The van der Waals surface area contributed by atoms with Crippen LogP contribution in [0.15, 0.2) is 36.8 Å². The SMILES string of the molecule is COc1ccccc1N1CCN(C(=O)c2cn[nH]c2-n2cnnn2)CC1=O. The first-order chi connectivity index (χ1) is 13.2. The number of methoxy groups -OCH3 is 1. The standard InChI is InChI=1S/C16H16N8O3/c1-27-13-5-3-2-4-12(13)23-7-6-22(9-14(23)25)16(26)11-8-17-19-15(11)24-10-18-20-21-24/h2-5,8,10H,6-7,9H2,1H3,(H,17,19). The second-order valence-electron chi connectivity index (χ2n) is 5.83. The molecule has 1 aliphatic heterocycles. The van der Waals surface area contributed by atoms with E-state index in [1.165, 1.54) is 22.1 Å². The summed E-state index contributed by atoms with van der Waals surface area (Å²) in [5.41, 5.74) is 0.982. The van der Waals surface area contributed by atoms with Crippen molar-refractivity contribution in [3.8, 4) is 11.6 Å². The van der Waals surface area contributed by atoms with Gasteiger partial charge in [-0.15, -0.1) is 5.10 Å². The van der Waals surface area contributed by atoms with Crippen LogP contribution in [0.3, 0.4) is 0 Å². The maximum Gasteiger partial charge on any atom is 0.259 e. The van der Waals surface area contributed by atoms with Crippen LogP contribution in [0, 0.1) is 0 Å². The molecule has 0 saturated carbocycles. The summed E-state index contributed by atoms with van der Waals surface area (Å²) in [4.78, 5) is 28.7. The van der Waals surface area contributed by atoms with Gasteiger partial charge in [0.1, 0.15) is 24.2 Å². The molecule has 27 heavy (non-hydrogen) atoms. The Hall–Kier alpha value is -3.76. The molecule has 2 amide bonds. The average molecular weight is 368 g/mol. The van der Waals surface area contributed by atoms with Crippen molar-refractivity contribution in [3.05, 3.63) is 42.4 Å². The summed E-state index contributed by atoms with van der Waals surface area (Å²) >= 11 is 0. The number of hydrogen-bond acceptors (Lipinski definition) is 7. The fourth-order valence-electron chi connectivity index (χ4n) is 3.00. The molecule has 0 atom stereocenters. The summed E-state index contributed by atoms with van der Waals surface area (Å²) in [5, 5.41) is 17.5. The summed E-state index contributed by atoms with van der Waals surface area (Å²) < 4.78 is 6.64. The highest BCUT2D eigenvalue weighted by Gasteiger charge is 2.31. The van der Waals surface area contributed by atoms with Gasteiger partial charge in [-0.05, 0) is 22.6 Å². The minimum atomic E-state index is -0.317. The van der Waals surface area contributed by atoms with Crippen LogP contribution in [0.2, 0.25) is 0 Å². The molecule has 138 valence electrons. The van der Waals surface area contributed by atoms with Crippen LogP contribution in [0.4, 0.5) is 5.69 Å². The lowest BCUT2D eigenvalue weighted by atomic mass is 10.2. The Morgan fingerprint density at radius 3 is 2.85 bits per heavy atom. The zero-order valence-electron chi connectivity index (χ0n) is 14.4. The molecule has 1 fully saturated rings. The van der Waals surface area contributed by atoms with Gasteiger partial charge in [0, 0.05) is 13.1 Å². The number of aromatic amines is 1. The number of carbonyl (C=O) groups is 2. The lowest BCUT2D eigenvalue weighted by molar-refractivity contribution is -0.120. The van der Waals surface area contributed by atoms with Crippen molar-refractivity contribution in [1.29, 1.82) is 0 Å². The van der Waals surface area contributed by atoms with Crippen molar-refractivity contribution in [3.63, 3.8) is 0 Å². The summed E-state index contributed by atoms with van der Waals surface area (Å²) in [6.07, 6.45) is 2.76. The fourth-order valence-corrected chi connectivity index (χ4v) is 3.00. The van der Waals surface area contributed by atoms with Crippen LogP contribution >= 0.6 is 0 Å². The van der Waals surface area contributed by atoms with E-state index in [-0.39, 0.29) is 18.4 Å². The van der Waals surface area contributed by atoms with Crippen LogP contribution in [0.5, 0.6) is 5.75 Å². The zero-order valence-corrected chi connectivity index (χ0v) is 14.4. The molecule has 1 aromatic carbocycles. The number of amides is 2. The molecule has 0 radical (unpaired) electrons. The first-order valence-corrected chi connectivity index (χ1v) is 8.18. The van der Waals surface area contributed by atoms with Crippen molar-refractivity contribution < 1.29 is 14.3 Å². The largest absolute Gasteiger partial charge is 0.495 e. The monoisotopic (exact) mass is 368 g/mol. The van der Waals surface area contributed by atoms with Gasteiger partial charge in [-0.25, -0.2) is 0 Å². The van der Waals surface area contributed by atoms with E-state index in [2.05, 4.69) is 25.7 Å². The van der Waals surface area contributed by atoms with Crippen LogP contribution < -0.4 is 9.64 Å². The summed E-state index contributed by atoms with van der Waals surface area (Å²) in [7, 11) is 1.56. The highest BCUT2D eigenvalue weighted by Crippen LogP contribution is 2.29. The molecule has 0 bridgehead atoms. The predicted octanol–water partition coefficient (Wildman–Crippen LogP) is -0.117. The third kappa shape index (κ3) is 2.99. The molecule has 4 rings (SSSR count). The van der Waals surface area contributed by atoms with E-state index >= 15 is 0 Å². The first-order valence-electron chi connectivity index (χ1n) is 8.18. The van der Waals surface area contributed by atoms with E-state index in [4.69, 9.17) is 4.74 Å². The van der Waals surface area contributed by atoms with Crippen molar-refractivity contribution in [2.75, 3.05) is 31.6 Å². The molecule has 11 heteroatoms. The Kier molecular flexibility index (Phi) is 4.24. The van der Waals surface area contributed by atoms with Gasteiger partial charge in [0.25, 0.3) is 5.91 Å². The number of nitrogens with one attached hydrogen (secondary N) is 1. The number of benzene rings is 1. The van der Waals surface area contributed by atoms with E-state index in [9.17, 15) is 9.59 Å². The minimum absolute atomic E-state index is 0.0445. The van der Waals surface area contributed by atoms with Crippen molar-refractivity contribution in [2.24, 2.45) is 0 Å². The van der Waals surface area contributed by atoms with Gasteiger partial charge in [-0.2, -0.15) is 9.78 Å². The highest BCUT2D eigenvalue weighted by molar-refractivity contribution is 6.03. The Morgan fingerprint density at radius 1 is 1.26 bits per heavy atom. The Morgan fingerprint density at radius 2 is 2.11 bits per heavy atom. The van der Waals surface area contributed by atoms with Crippen LogP contribution in [-0.2, 0) is 4.79 Å². The van der Waals surface area contributed by atoms with E-state index in [0.717, 1.165) is 0 Å². The summed E-state index contributed by atoms with van der Waals surface area (Å²) in [5.74, 6) is 0.458. The van der Waals surface area contributed by atoms with E-state index < -0.39 is 0 Å². The number of ether oxygens (including phenoxy) is 1. The number of aromatic nitrogens is 6. The van der Waals surface area contributed by atoms with Gasteiger partial charge >= 0.3 is 0 Å². The van der Waals surface area contributed by atoms with Gasteiger partial charge < -0.3 is 14.5 Å². The molecular formula is C16H16N8O3. The molecule has 1 N–H and O–H groups in total. The third-order valence-electron chi connectivity index (χ3n) is 4.31. The summed E-state index contributed by atoms with van der Waals surface area (Å²) in [6.45, 7) is 0.697. The number of para-hydroxylation sites is 2. The maximum atomic E-state index is 12.9. The molecule has 3 aromatic rings. The van der Waals surface area contributed by atoms with Crippen LogP contribution in [-0.4, -0.2) is 73.9 Å². The molecular weight excluding hydrogens is 352 g/mol. The lowest BCUT2D eigenvalue weighted by Crippen LogP contribution is -2.52. The molecule has 0 unspecified atom stereocenters. The lowest BCUT2D eigenvalue weighted by Gasteiger charge is -2.34. The summed E-state index contributed by atoms with van der Waals surface area (Å²) in [6, 6.07) is 7.29. The normalized spacial score (nSPS) is 14.5. The Balaban J connectivity index is 1.53. The fraction of sp³-hybridized carbons (Fsp3) is 0.250. The number of hydrogen-bond donors (Lipinski definition) is 1. The van der Waals surface area contributed by atoms with Gasteiger partial charge in [-0.1, -0.05) is 12.1 Å². The average Bonchev–Trinajstić information content (AvgIpc) is 3.38. The highest BCUT2D eigenvalue weighted by atomic mass is 16.5. The minimum Gasteiger partial charge on any atom is -0.495 e. The topological polar surface area (TPSA) is 122 Å². The van der Waals surface area contributed by atoms with E-state index in [1.807, 2.05) is 18.2 Å². The van der Waals surface area contributed by atoms with Gasteiger partial charge in [0.05, 0.1) is 19.0 Å². The smallest absolute Gasteiger partial charge is 0.259 e. The molecule has 0 spiro atoms. The predicted molar refractivity (Wildman–Crippen MR) is 92.6 cm³/mol. The van der Waals surface area contributed by atoms with Gasteiger partial charge in [0.2, 0.25) is 5.91 Å². The number of anilines is 1. The molecule has 1 aliphatic rings. The number of tetrazole rings is 1. The Labute approximate surface area is 153 Å². The Bertz CT molecular complexity index is 968. The van der Waals surface area contributed by atoms with E-state index in [1.54, 1.807) is 18.1 Å². The first kappa shape index (κ1) is 16.7. The molecule has 3 heterocycles. The second-order valence-corrected chi connectivity index (χ2v) is 5.83. The quantitative estimate of drug-likeness (QED) is 0.681. The zero-order chi connectivity index (χ0) is 18.8. The number of rotatable bonds is 4. The number of H-pyrrole nitrogens is 1. The number of nitrogens with zero attached hydrogens (tertiary/aromatic N) is 7. The number of piperazine rings is 1. The van der Waals surface area contributed by atoms with Gasteiger partial charge in [0.15, 0.2) is 5.82 Å². The van der Waals surface area contributed by atoms with Crippen molar-refractivity contribution in [2.45, 2.75) is 0 Å². The number of carbonyl (C=O) groups excluding carboxylic acids is 2. The van der Waals surface area contributed by atoms with Crippen molar-refractivity contribution in [1.82, 2.24) is 35.3 Å². The third-order valence-corrected chi connectivity index (χ3v) is 4.31. The van der Waals surface area contributed by atoms with E-state index in [0.29, 0.717) is 35.9 Å². The van der Waals surface area contributed by atoms with Crippen LogP contribution in [0.25, 0.3) is 5.82 Å². The molecule has 11 nitrogen and oxygen atoms in total.